The van der Waals surface area contributed by atoms with Crippen LogP contribution in [0.25, 0.3) is 0 Å². The van der Waals surface area contributed by atoms with Gasteiger partial charge in [0, 0.05) is 10.9 Å². The van der Waals surface area contributed by atoms with Crippen molar-refractivity contribution in [2.75, 3.05) is 12.8 Å². The summed E-state index contributed by atoms with van der Waals surface area (Å²) in [6, 6.07) is 9.50. The molecule has 0 aliphatic rings. The molecule has 1 nitrogen and oxygen atoms in total. The number of benzene rings is 1. The van der Waals surface area contributed by atoms with Crippen molar-refractivity contribution in [1.82, 2.24) is 5.32 Å². The Bertz CT molecular complexity index is 305. The van der Waals surface area contributed by atoms with Gasteiger partial charge in [-0.25, -0.2) is 0 Å². The van der Waals surface area contributed by atoms with Crippen LogP contribution in [0.15, 0.2) is 29.2 Å². The number of hydrogen-bond acceptors (Lipinski definition) is 2. The van der Waals surface area contributed by atoms with Crippen LogP contribution in [-0.4, -0.2) is 12.8 Å². The zero-order valence-electron chi connectivity index (χ0n) is 11.5. The normalized spacial score (nSPS) is 13.0. The third-order valence-corrected chi connectivity index (χ3v) is 3.87. The van der Waals surface area contributed by atoms with E-state index < -0.39 is 0 Å². The first-order valence-electron chi connectivity index (χ1n) is 6.57. The van der Waals surface area contributed by atoms with Crippen LogP contribution in [0.2, 0.25) is 0 Å². The van der Waals surface area contributed by atoms with Gasteiger partial charge in [-0.2, -0.15) is 0 Å². The van der Waals surface area contributed by atoms with Gasteiger partial charge in [0.25, 0.3) is 0 Å². The highest BCUT2D eigenvalue weighted by Crippen LogP contribution is 2.24. The van der Waals surface area contributed by atoms with Crippen LogP contribution in [0.1, 0.15) is 45.2 Å². The topological polar surface area (TPSA) is 12.0 Å². The highest BCUT2D eigenvalue weighted by atomic mass is 32.2. The van der Waals surface area contributed by atoms with Gasteiger partial charge in [-0.05, 0) is 49.3 Å². The van der Waals surface area contributed by atoms with Gasteiger partial charge >= 0.3 is 0 Å². The van der Waals surface area contributed by atoms with Gasteiger partial charge in [0.15, 0.2) is 0 Å². The Morgan fingerprint density at radius 2 is 1.76 bits per heavy atom. The molecule has 0 fully saturated rings. The predicted octanol–water partition coefficient (Wildman–Crippen LogP) is 4.50. The second-order valence-corrected chi connectivity index (χ2v) is 6.15. The van der Waals surface area contributed by atoms with Gasteiger partial charge < -0.3 is 5.32 Å². The van der Waals surface area contributed by atoms with Crippen molar-refractivity contribution in [2.45, 2.75) is 44.6 Å². The van der Waals surface area contributed by atoms with E-state index in [2.05, 4.69) is 57.4 Å². The van der Waals surface area contributed by atoms with E-state index in [0.717, 1.165) is 11.7 Å². The largest absolute Gasteiger partial charge is 0.313 e. The molecule has 1 aromatic rings. The molecular weight excluding hydrogens is 226 g/mol. The molecule has 1 rings (SSSR count). The molecule has 0 saturated carbocycles. The SMILES string of the molecule is CCSc1ccc(C(CCC(C)C)NC)cc1. The van der Waals surface area contributed by atoms with Gasteiger partial charge in [0.2, 0.25) is 0 Å². The van der Waals surface area contributed by atoms with Gasteiger partial charge in [-0.3, -0.25) is 0 Å². The van der Waals surface area contributed by atoms with Crippen molar-refractivity contribution in [3.05, 3.63) is 29.8 Å². The Morgan fingerprint density at radius 3 is 2.24 bits per heavy atom. The van der Waals surface area contributed by atoms with E-state index in [1.807, 2.05) is 11.8 Å². The van der Waals surface area contributed by atoms with Crippen molar-refractivity contribution >= 4 is 11.8 Å². The lowest BCUT2D eigenvalue weighted by Crippen LogP contribution is -2.16. The standard InChI is InChI=1S/C15H25NS/c1-5-17-14-9-7-13(8-10-14)15(16-4)11-6-12(2)3/h7-10,12,15-16H,5-6,11H2,1-4H3. The van der Waals surface area contributed by atoms with Gasteiger partial charge in [0.1, 0.15) is 0 Å². The summed E-state index contributed by atoms with van der Waals surface area (Å²) < 4.78 is 0. The average Bonchev–Trinajstić information content (AvgIpc) is 2.32. The first kappa shape index (κ1) is 14.6. The molecule has 96 valence electrons. The van der Waals surface area contributed by atoms with Gasteiger partial charge in [0.05, 0.1) is 0 Å². The molecule has 0 spiro atoms. The first-order valence-corrected chi connectivity index (χ1v) is 7.56. The second-order valence-electron chi connectivity index (χ2n) is 4.81. The van der Waals surface area contributed by atoms with E-state index >= 15 is 0 Å². The second kappa shape index (κ2) is 7.78. The summed E-state index contributed by atoms with van der Waals surface area (Å²) in [6.07, 6.45) is 2.49. The lowest BCUT2D eigenvalue weighted by Gasteiger charge is -2.18. The molecule has 0 radical (unpaired) electrons. The molecular formula is C15H25NS. The molecule has 0 aliphatic carbocycles. The molecule has 0 aliphatic heterocycles. The fourth-order valence-corrected chi connectivity index (χ4v) is 2.60. The Balaban J connectivity index is 2.61. The quantitative estimate of drug-likeness (QED) is 0.716. The maximum absolute atomic E-state index is 3.42. The fourth-order valence-electron chi connectivity index (χ4n) is 1.94. The summed E-state index contributed by atoms with van der Waals surface area (Å²) in [5.41, 5.74) is 1.41. The summed E-state index contributed by atoms with van der Waals surface area (Å²) in [7, 11) is 2.06. The molecule has 1 unspecified atom stereocenters. The zero-order chi connectivity index (χ0) is 12.7. The lowest BCUT2D eigenvalue weighted by molar-refractivity contribution is 0.465. The van der Waals surface area contributed by atoms with Crippen LogP contribution in [-0.2, 0) is 0 Å². The van der Waals surface area contributed by atoms with Crippen LogP contribution in [0, 0.1) is 5.92 Å². The van der Waals surface area contributed by atoms with Gasteiger partial charge in [-0.15, -0.1) is 11.8 Å². The Morgan fingerprint density at radius 1 is 1.12 bits per heavy atom. The van der Waals surface area contributed by atoms with Gasteiger partial charge in [-0.1, -0.05) is 32.9 Å². The smallest absolute Gasteiger partial charge is 0.0317 e. The van der Waals surface area contributed by atoms with Crippen LogP contribution in [0.3, 0.4) is 0 Å². The molecule has 1 aromatic carbocycles. The van der Waals surface area contributed by atoms with Crippen molar-refractivity contribution in [1.29, 1.82) is 0 Å². The zero-order valence-corrected chi connectivity index (χ0v) is 12.3. The van der Waals surface area contributed by atoms with Crippen LogP contribution < -0.4 is 5.32 Å². The molecule has 1 N–H and O–H groups in total. The minimum Gasteiger partial charge on any atom is -0.313 e. The Labute approximate surface area is 110 Å². The third-order valence-electron chi connectivity index (χ3n) is 2.97. The van der Waals surface area contributed by atoms with E-state index in [9.17, 15) is 0 Å². The first-order chi connectivity index (χ1) is 8.17. The van der Waals surface area contributed by atoms with Crippen molar-refractivity contribution < 1.29 is 0 Å². The van der Waals surface area contributed by atoms with E-state index in [0.29, 0.717) is 6.04 Å². The molecule has 0 amide bonds. The van der Waals surface area contributed by atoms with Crippen LogP contribution in [0.5, 0.6) is 0 Å². The number of thioether (sulfide) groups is 1. The number of rotatable bonds is 7. The molecule has 1 atom stereocenters. The van der Waals surface area contributed by atoms with Crippen LogP contribution >= 0.6 is 11.8 Å². The predicted molar refractivity (Wildman–Crippen MR) is 78.7 cm³/mol. The monoisotopic (exact) mass is 251 g/mol. The highest BCUT2D eigenvalue weighted by molar-refractivity contribution is 7.99. The van der Waals surface area contributed by atoms with Crippen molar-refractivity contribution in [3.63, 3.8) is 0 Å². The molecule has 17 heavy (non-hydrogen) atoms. The van der Waals surface area contributed by atoms with E-state index in [1.54, 1.807) is 0 Å². The lowest BCUT2D eigenvalue weighted by atomic mass is 9.98. The minimum absolute atomic E-state index is 0.498. The molecule has 0 aromatic heterocycles. The third kappa shape index (κ3) is 5.13. The molecule has 0 heterocycles. The van der Waals surface area contributed by atoms with E-state index in [-0.39, 0.29) is 0 Å². The van der Waals surface area contributed by atoms with Crippen molar-refractivity contribution in [3.8, 4) is 0 Å². The molecule has 0 bridgehead atoms. The van der Waals surface area contributed by atoms with Crippen LogP contribution in [0.4, 0.5) is 0 Å². The summed E-state index contributed by atoms with van der Waals surface area (Å²) in [4.78, 5) is 1.37. The fraction of sp³-hybridized carbons (Fsp3) is 0.600. The maximum atomic E-state index is 3.42. The molecule has 0 saturated heterocycles. The average molecular weight is 251 g/mol. The van der Waals surface area contributed by atoms with E-state index in [1.165, 1.54) is 23.3 Å². The Kier molecular flexibility index (Phi) is 6.68. The molecule has 2 heteroatoms. The van der Waals surface area contributed by atoms with Crippen molar-refractivity contribution in [2.24, 2.45) is 5.92 Å². The Hall–Kier alpha value is -0.470. The number of hydrogen-bond donors (Lipinski definition) is 1. The summed E-state index contributed by atoms with van der Waals surface area (Å²) in [5.74, 6) is 1.92. The number of nitrogens with one attached hydrogen (secondary N) is 1. The summed E-state index contributed by atoms with van der Waals surface area (Å²) >= 11 is 1.90. The summed E-state index contributed by atoms with van der Waals surface area (Å²) in [5, 5.41) is 3.42. The maximum Gasteiger partial charge on any atom is 0.0317 e. The highest BCUT2D eigenvalue weighted by Gasteiger charge is 2.09. The summed E-state index contributed by atoms with van der Waals surface area (Å²) in [6.45, 7) is 6.76. The van der Waals surface area contributed by atoms with E-state index in [4.69, 9.17) is 0 Å². The minimum atomic E-state index is 0.498.